The summed E-state index contributed by atoms with van der Waals surface area (Å²) < 4.78 is 7.25. The van der Waals surface area contributed by atoms with Crippen molar-refractivity contribution in [2.24, 2.45) is 0 Å². The van der Waals surface area contributed by atoms with Crippen LogP contribution in [0.25, 0.3) is 0 Å². The maximum absolute atomic E-state index is 12.1. The Labute approximate surface area is 137 Å². The maximum atomic E-state index is 12.1. The molecule has 0 amide bonds. The molecule has 2 fully saturated rings. The van der Waals surface area contributed by atoms with E-state index in [1.54, 1.807) is 16.8 Å². The molecule has 2 aliphatic heterocycles. The molecule has 1 N–H and O–H groups in total. The standard InChI is InChI=1S/C17H28N4O2/c1-12(2)20-8-6-14(7-9-20)18-15-10-23-11-16(15)21-17(22)5-4-13(3)19-21/h4-5,12,14-16,18H,6-11H2,1-3H3. The fraction of sp³-hybridized carbons (Fsp3) is 0.765. The number of ether oxygens (including phenoxy) is 1. The van der Waals surface area contributed by atoms with E-state index in [0.717, 1.165) is 31.6 Å². The van der Waals surface area contributed by atoms with Crippen LogP contribution in [0.2, 0.25) is 0 Å². The molecular weight excluding hydrogens is 292 g/mol. The molecule has 0 aromatic carbocycles. The predicted molar refractivity (Wildman–Crippen MR) is 89.7 cm³/mol. The summed E-state index contributed by atoms with van der Waals surface area (Å²) in [7, 11) is 0. The van der Waals surface area contributed by atoms with Crippen LogP contribution in [0.3, 0.4) is 0 Å². The second-order valence-electron chi connectivity index (χ2n) is 7.04. The van der Waals surface area contributed by atoms with Gasteiger partial charge in [0.05, 0.1) is 31.0 Å². The van der Waals surface area contributed by atoms with Crippen molar-refractivity contribution in [3.8, 4) is 0 Å². The normalized spacial score (nSPS) is 27.0. The summed E-state index contributed by atoms with van der Waals surface area (Å²) in [5.74, 6) is 0. The first-order valence-electron chi connectivity index (χ1n) is 8.69. The van der Waals surface area contributed by atoms with Gasteiger partial charge in [-0.2, -0.15) is 5.10 Å². The van der Waals surface area contributed by atoms with Crippen molar-refractivity contribution in [2.45, 2.75) is 57.8 Å². The summed E-state index contributed by atoms with van der Waals surface area (Å²) in [6.07, 6.45) is 2.30. The van der Waals surface area contributed by atoms with Crippen LogP contribution in [0.15, 0.2) is 16.9 Å². The highest BCUT2D eigenvalue weighted by molar-refractivity contribution is 5.00. The molecular formula is C17H28N4O2. The van der Waals surface area contributed by atoms with Gasteiger partial charge in [0.2, 0.25) is 0 Å². The summed E-state index contributed by atoms with van der Waals surface area (Å²) in [6.45, 7) is 9.90. The molecule has 128 valence electrons. The minimum absolute atomic E-state index is 0.00877. The highest BCUT2D eigenvalue weighted by atomic mass is 16.5. The number of aromatic nitrogens is 2. The summed E-state index contributed by atoms with van der Waals surface area (Å²) in [4.78, 5) is 14.6. The van der Waals surface area contributed by atoms with Crippen molar-refractivity contribution >= 4 is 0 Å². The van der Waals surface area contributed by atoms with Crippen LogP contribution in [-0.4, -0.2) is 59.1 Å². The Morgan fingerprint density at radius 1 is 1.26 bits per heavy atom. The summed E-state index contributed by atoms with van der Waals surface area (Å²) in [5.41, 5.74) is 0.813. The molecule has 0 radical (unpaired) electrons. The van der Waals surface area contributed by atoms with E-state index in [2.05, 4.69) is 29.2 Å². The van der Waals surface area contributed by atoms with Crippen molar-refractivity contribution in [3.05, 3.63) is 28.2 Å². The Morgan fingerprint density at radius 2 is 2.00 bits per heavy atom. The van der Waals surface area contributed by atoms with Crippen LogP contribution in [0.5, 0.6) is 0 Å². The highest BCUT2D eigenvalue weighted by Crippen LogP contribution is 2.21. The van der Waals surface area contributed by atoms with Crippen LogP contribution >= 0.6 is 0 Å². The molecule has 2 saturated heterocycles. The molecule has 0 aliphatic carbocycles. The van der Waals surface area contributed by atoms with Crippen LogP contribution < -0.4 is 10.9 Å². The van der Waals surface area contributed by atoms with Gasteiger partial charge in [0.15, 0.2) is 0 Å². The lowest BCUT2D eigenvalue weighted by atomic mass is 10.0. The zero-order chi connectivity index (χ0) is 16.4. The maximum Gasteiger partial charge on any atom is 0.267 e. The molecule has 2 atom stereocenters. The van der Waals surface area contributed by atoms with Crippen molar-refractivity contribution in [3.63, 3.8) is 0 Å². The van der Waals surface area contributed by atoms with Gasteiger partial charge in [-0.25, -0.2) is 4.68 Å². The number of aryl methyl sites for hydroxylation is 1. The Morgan fingerprint density at radius 3 is 2.70 bits per heavy atom. The van der Waals surface area contributed by atoms with E-state index < -0.39 is 0 Å². The van der Waals surface area contributed by atoms with Crippen molar-refractivity contribution in [2.75, 3.05) is 26.3 Å². The Bertz CT molecular complexity index is 578. The van der Waals surface area contributed by atoms with Crippen LogP contribution in [0, 0.1) is 6.92 Å². The van der Waals surface area contributed by atoms with E-state index in [9.17, 15) is 4.79 Å². The number of piperidine rings is 1. The van der Waals surface area contributed by atoms with Crippen molar-refractivity contribution < 1.29 is 4.74 Å². The number of hydrogen-bond donors (Lipinski definition) is 1. The fourth-order valence-electron chi connectivity index (χ4n) is 3.59. The number of nitrogens with zero attached hydrogens (tertiary/aromatic N) is 3. The van der Waals surface area contributed by atoms with E-state index >= 15 is 0 Å². The van der Waals surface area contributed by atoms with E-state index in [-0.39, 0.29) is 17.6 Å². The van der Waals surface area contributed by atoms with E-state index in [1.807, 2.05) is 6.92 Å². The van der Waals surface area contributed by atoms with Crippen molar-refractivity contribution in [1.29, 1.82) is 0 Å². The van der Waals surface area contributed by atoms with Gasteiger partial charge in [-0.15, -0.1) is 0 Å². The smallest absolute Gasteiger partial charge is 0.267 e. The molecule has 1 aromatic heterocycles. The van der Waals surface area contributed by atoms with Gasteiger partial charge < -0.3 is 15.0 Å². The Hall–Kier alpha value is -1.24. The van der Waals surface area contributed by atoms with Gasteiger partial charge >= 0.3 is 0 Å². The van der Waals surface area contributed by atoms with Gasteiger partial charge in [0, 0.05) is 18.2 Å². The van der Waals surface area contributed by atoms with Gasteiger partial charge in [-0.3, -0.25) is 4.79 Å². The highest BCUT2D eigenvalue weighted by Gasteiger charge is 2.33. The van der Waals surface area contributed by atoms with Gasteiger partial charge in [0.1, 0.15) is 0 Å². The molecule has 2 unspecified atom stereocenters. The van der Waals surface area contributed by atoms with E-state index in [0.29, 0.717) is 25.3 Å². The van der Waals surface area contributed by atoms with Gasteiger partial charge in [-0.1, -0.05) is 0 Å². The van der Waals surface area contributed by atoms with Crippen LogP contribution in [0.4, 0.5) is 0 Å². The first-order valence-corrected chi connectivity index (χ1v) is 8.69. The predicted octanol–water partition coefficient (Wildman–Crippen LogP) is 0.954. The summed E-state index contributed by atoms with van der Waals surface area (Å²) >= 11 is 0. The monoisotopic (exact) mass is 320 g/mol. The largest absolute Gasteiger partial charge is 0.377 e. The fourth-order valence-corrected chi connectivity index (χ4v) is 3.59. The molecule has 2 aliphatic rings. The minimum atomic E-state index is -0.0486. The lowest BCUT2D eigenvalue weighted by Gasteiger charge is -2.36. The number of hydrogen-bond acceptors (Lipinski definition) is 5. The molecule has 6 heteroatoms. The van der Waals surface area contributed by atoms with Crippen LogP contribution in [0.1, 0.15) is 38.4 Å². The molecule has 0 bridgehead atoms. The quantitative estimate of drug-likeness (QED) is 0.895. The molecule has 3 rings (SSSR count). The number of likely N-dealkylation sites (tertiary alicyclic amines) is 1. The first-order chi connectivity index (χ1) is 11.0. The summed E-state index contributed by atoms with van der Waals surface area (Å²) in [5, 5.41) is 8.13. The third-order valence-electron chi connectivity index (χ3n) is 5.03. The number of nitrogens with one attached hydrogen (secondary N) is 1. The third kappa shape index (κ3) is 3.82. The lowest BCUT2D eigenvalue weighted by molar-refractivity contribution is 0.149. The van der Waals surface area contributed by atoms with E-state index in [4.69, 9.17) is 4.74 Å². The molecule has 0 spiro atoms. The SMILES string of the molecule is Cc1ccc(=O)n(C2COCC2NC2CCN(C(C)C)CC2)n1. The number of rotatable bonds is 4. The topological polar surface area (TPSA) is 59.4 Å². The zero-order valence-electron chi connectivity index (χ0n) is 14.4. The lowest BCUT2D eigenvalue weighted by Crippen LogP contribution is -2.50. The van der Waals surface area contributed by atoms with Crippen LogP contribution in [-0.2, 0) is 4.74 Å². The molecule has 23 heavy (non-hydrogen) atoms. The zero-order valence-corrected chi connectivity index (χ0v) is 14.4. The van der Waals surface area contributed by atoms with Crippen molar-refractivity contribution in [1.82, 2.24) is 20.0 Å². The van der Waals surface area contributed by atoms with Gasteiger partial charge in [-0.05, 0) is 52.8 Å². The molecule has 0 saturated carbocycles. The second kappa shape index (κ2) is 7.11. The minimum Gasteiger partial charge on any atom is -0.377 e. The molecule has 6 nitrogen and oxygen atoms in total. The average Bonchev–Trinajstić information content (AvgIpc) is 2.98. The Kier molecular flexibility index (Phi) is 5.14. The molecule has 1 aromatic rings. The Balaban J connectivity index is 1.64. The second-order valence-corrected chi connectivity index (χ2v) is 7.04. The average molecular weight is 320 g/mol. The summed E-state index contributed by atoms with van der Waals surface area (Å²) in [6, 6.07) is 4.63. The molecule has 3 heterocycles. The van der Waals surface area contributed by atoms with Gasteiger partial charge in [0.25, 0.3) is 5.56 Å². The van der Waals surface area contributed by atoms with E-state index in [1.165, 1.54) is 0 Å². The first kappa shape index (κ1) is 16.6. The third-order valence-corrected chi connectivity index (χ3v) is 5.03.